The van der Waals surface area contributed by atoms with Gasteiger partial charge in [-0.25, -0.2) is 4.98 Å². The van der Waals surface area contributed by atoms with Crippen molar-refractivity contribution in [3.63, 3.8) is 0 Å². The summed E-state index contributed by atoms with van der Waals surface area (Å²) in [6, 6.07) is 10.1. The summed E-state index contributed by atoms with van der Waals surface area (Å²) in [4.78, 5) is 26.2. The molecular formula is C21H26N4O2S. The van der Waals surface area contributed by atoms with Gasteiger partial charge in [0.05, 0.1) is 12.2 Å². The Labute approximate surface area is 166 Å². The first-order valence-corrected chi connectivity index (χ1v) is 11.8. The predicted octanol–water partition coefficient (Wildman–Crippen LogP) is 1.99. The molecule has 0 bridgehead atoms. The van der Waals surface area contributed by atoms with E-state index in [9.17, 15) is 9.00 Å². The summed E-state index contributed by atoms with van der Waals surface area (Å²) in [6.07, 6.45) is 6.48. The Kier molecular flexibility index (Phi) is 5.35. The molecule has 2 aromatic rings. The number of benzene rings is 1. The first-order valence-electron chi connectivity index (χ1n) is 9.72. The van der Waals surface area contributed by atoms with Crippen LogP contribution in [0.15, 0.2) is 48.9 Å². The van der Waals surface area contributed by atoms with Crippen LogP contribution in [0.5, 0.6) is 0 Å². The minimum atomic E-state index is -1.98. The van der Waals surface area contributed by atoms with Crippen LogP contribution in [0.3, 0.4) is 0 Å². The molecule has 28 heavy (non-hydrogen) atoms. The number of rotatable bonds is 3. The Morgan fingerprint density at radius 3 is 2.54 bits per heavy atom. The summed E-state index contributed by atoms with van der Waals surface area (Å²) in [5.74, 6) is 5.90. The molecule has 1 aromatic carbocycles. The first-order chi connectivity index (χ1) is 13.5. The van der Waals surface area contributed by atoms with Gasteiger partial charge in [-0.05, 0) is 33.8 Å². The van der Waals surface area contributed by atoms with E-state index in [2.05, 4.69) is 32.9 Å². The molecule has 148 valence electrons. The maximum Gasteiger partial charge on any atom is 0.226 e. The molecule has 3 heterocycles. The lowest BCUT2D eigenvalue weighted by atomic mass is 9.96. The predicted molar refractivity (Wildman–Crippen MR) is 113 cm³/mol. The average molecular weight is 399 g/mol. The van der Waals surface area contributed by atoms with E-state index in [1.54, 1.807) is 18.6 Å². The minimum absolute atomic E-state index is 0.0320. The van der Waals surface area contributed by atoms with Crippen molar-refractivity contribution in [2.24, 2.45) is 5.92 Å². The molecule has 2 fully saturated rings. The van der Waals surface area contributed by atoms with Gasteiger partial charge in [0.1, 0.15) is 5.82 Å². The topological polar surface area (TPSA) is 66.4 Å². The normalized spacial score (nSPS) is 28.1. The fraction of sp³-hybridized carbons (Fsp3) is 0.429. The third-order valence-corrected chi connectivity index (χ3v) is 7.71. The van der Waals surface area contributed by atoms with E-state index in [0.29, 0.717) is 37.4 Å². The fourth-order valence-corrected chi connectivity index (χ4v) is 5.74. The lowest BCUT2D eigenvalue weighted by Crippen LogP contribution is -2.53. The summed E-state index contributed by atoms with van der Waals surface area (Å²) in [5.41, 5.74) is 1.13. The van der Waals surface area contributed by atoms with E-state index in [-0.39, 0.29) is 17.9 Å². The van der Waals surface area contributed by atoms with Gasteiger partial charge in [0.15, 0.2) is 0 Å². The van der Waals surface area contributed by atoms with Crippen molar-refractivity contribution in [3.05, 3.63) is 54.5 Å². The molecule has 0 N–H and O–H groups in total. The van der Waals surface area contributed by atoms with Crippen LogP contribution in [0.1, 0.15) is 24.4 Å². The number of nitrogens with zero attached hydrogens (tertiary/aromatic N) is 4. The van der Waals surface area contributed by atoms with Gasteiger partial charge in [0.25, 0.3) is 0 Å². The zero-order valence-electron chi connectivity index (χ0n) is 15.9. The Morgan fingerprint density at radius 2 is 1.86 bits per heavy atom. The molecule has 7 heteroatoms. The smallest absolute Gasteiger partial charge is 0.226 e. The zero-order chi connectivity index (χ0) is 19.6. The van der Waals surface area contributed by atoms with E-state index in [1.165, 1.54) is 0 Å². The fourth-order valence-electron chi connectivity index (χ4n) is 4.11. The van der Waals surface area contributed by atoms with E-state index < -0.39 is 9.52 Å². The summed E-state index contributed by atoms with van der Waals surface area (Å²) >= 11 is 0. The van der Waals surface area contributed by atoms with E-state index in [1.807, 2.05) is 23.1 Å². The minimum Gasteiger partial charge on any atom is -0.351 e. The SMILES string of the molecule is C=S1(=O)CCC(C(=O)N2CCN(c3cnccn3)CC2c2ccccc2)CC1. The van der Waals surface area contributed by atoms with Crippen molar-refractivity contribution in [1.82, 2.24) is 14.9 Å². The van der Waals surface area contributed by atoms with Gasteiger partial charge in [0, 0.05) is 49.5 Å². The molecule has 6 nitrogen and oxygen atoms in total. The highest BCUT2D eigenvalue weighted by Crippen LogP contribution is 2.31. The first kappa shape index (κ1) is 18.9. The Morgan fingerprint density at radius 1 is 1.11 bits per heavy atom. The second-order valence-corrected chi connectivity index (χ2v) is 10.4. The molecule has 2 aliphatic heterocycles. The molecule has 0 radical (unpaired) electrons. The molecule has 1 amide bonds. The van der Waals surface area contributed by atoms with Gasteiger partial charge >= 0.3 is 0 Å². The average Bonchev–Trinajstić information content (AvgIpc) is 2.74. The van der Waals surface area contributed by atoms with Crippen LogP contribution in [0.4, 0.5) is 5.82 Å². The standard InChI is InChI=1S/C21H26N4O2S/c1-28(27)13-7-18(8-14-28)21(26)25-12-11-24(20-15-22-9-10-23-20)16-19(25)17-5-3-2-4-6-17/h2-6,9-10,15,18-19H,1,7-8,11-14,16H2. The van der Waals surface area contributed by atoms with Gasteiger partial charge in [-0.2, -0.15) is 0 Å². The molecule has 1 aromatic heterocycles. The van der Waals surface area contributed by atoms with Crippen LogP contribution < -0.4 is 4.90 Å². The zero-order valence-corrected chi connectivity index (χ0v) is 16.8. The van der Waals surface area contributed by atoms with Crippen LogP contribution in [-0.4, -0.2) is 62.0 Å². The molecule has 2 saturated heterocycles. The van der Waals surface area contributed by atoms with E-state index in [0.717, 1.165) is 17.9 Å². The van der Waals surface area contributed by atoms with Gasteiger partial charge < -0.3 is 9.80 Å². The number of hydrogen-bond donors (Lipinski definition) is 0. The molecule has 0 saturated carbocycles. The Bertz CT molecular complexity index is 904. The van der Waals surface area contributed by atoms with Crippen molar-refractivity contribution in [1.29, 1.82) is 0 Å². The molecule has 4 rings (SSSR count). The van der Waals surface area contributed by atoms with Crippen LogP contribution >= 0.6 is 0 Å². The monoisotopic (exact) mass is 398 g/mol. The Hall–Kier alpha value is -2.41. The van der Waals surface area contributed by atoms with Crippen LogP contribution in [-0.2, 0) is 14.3 Å². The quantitative estimate of drug-likeness (QED) is 0.740. The number of hydrogen-bond acceptors (Lipinski definition) is 5. The maximum atomic E-state index is 13.4. The summed E-state index contributed by atoms with van der Waals surface area (Å²) in [7, 11) is -1.98. The largest absolute Gasteiger partial charge is 0.351 e. The molecular weight excluding hydrogens is 372 g/mol. The van der Waals surface area contributed by atoms with Crippen molar-refractivity contribution in [3.8, 4) is 0 Å². The van der Waals surface area contributed by atoms with Gasteiger partial charge in [-0.3, -0.25) is 14.0 Å². The van der Waals surface area contributed by atoms with Crippen LogP contribution in [0.25, 0.3) is 0 Å². The highest BCUT2D eigenvalue weighted by atomic mass is 32.2. The summed E-state index contributed by atoms with van der Waals surface area (Å²) in [6.45, 7) is 2.06. The van der Waals surface area contributed by atoms with Crippen molar-refractivity contribution >= 4 is 27.1 Å². The second-order valence-electron chi connectivity index (χ2n) is 7.62. The summed E-state index contributed by atoms with van der Waals surface area (Å²) in [5, 5.41) is 0. The van der Waals surface area contributed by atoms with E-state index >= 15 is 0 Å². The number of aromatic nitrogens is 2. The van der Waals surface area contributed by atoms with Gasteiger partial charge in [-0.15, -0.1) is 0 Å². The van der Waals surface area contributed by atoms with Gasteiger partial charge in [0.2, 0.25) is 5.91 Å². The van der Waals surface area contributed by atoms with Gasteiger partial charge in [-0.1, -0.05) is 30.3 Å². The Balaban J connectivity index is 1.56. The van der Waals surface area contributed by atoms with Crippen LogP contribution in [0.2, 0.25) is 0 Å². The number of piperazine rings is 1. The number of amides is 1. The highest BCUT2D eigenvalue weighted by molar-refractivity contribution is 8.00. The van der Waals surface area contributed by atoms with E-state index in [4.69, 9.17) is 0 Å². The third-order valence-electron chi connectivity index (χ3n) is 5.75. The highest BCUT2D eigenvalue weighted by Gasteiger charge is 2.36. The third kappa shape index (κ3) is 4.04. The lowest BCUT2D eigenvalue weighted by Gasteiger charge is -2.43. The second kappa shape index (κ2) is 7.91. The molecule has 0 aliphatic carbocycles. The maximum absolute atomic E-state index is 13.4. The number of carbonyl (C=O) groups excluding carboxylic acids is 1. The number of anilines is 1. The lowest BCUT2D eigenvalue weighted by molar-refractivity contribution is -0.138. The number of carbonyl (C=O) groups is 1. The van der Waals surface area contributed by atoms with Crippen molar-refractivity contribution in [2.75, 3.05) is 36.0 Å². The summed E-state index contributed by atoms with van der Waals surface area (Å²) < 4.78 is 12.2. The van der Waals surface area contributed by atoms with Crippen molar-refractivity contribution < 1.29 is 9.00 Å². The van der Waals surface area contributed by atoms with Crippen LogP contribution in [0, 0.1) is 5.92 Å². The van der Waals surface area contributed by atoms with Crippen molar-refractivity contribution in [2.45, 2.75) is 18.9 Å². The molecule has 1 atom stereocenters. The molecule has 2 aliphatic rings. The molecule has 1 unspecified atom stereocenters. The molecule has 0 spiro atoms.